The van der Waals surface area contributed by atoms with Gasteiger partial charge in [-0.1, -0.05) is 23.7 Å². The maximum Gasteiger partial charge on any atom is 0.313 e. The Hall–Kier alpha value is -1.20. The largest absolute Gasteiger partial charge is 0.481 e. The van der Waals surface area contributed by atoms with Crippen LogP contribution in [0.5, 0.6) is 0 Å². The number of benzene rings is 1. The van der Waals surface area contributed by atoms with Crippen molar-refractivity contribution in [2.24, 2.45) is 0 Å². The zero-order chi connectivity index (χ0) is 12.8. The summed E-state index contributed by atoms with van der Waals surface area (Å²) in [7, 11) is 0. The lowest BCUT2D eigenvalue weighted by Crippen LogP contribution is -2.07. The third-order valence-corrected chi connectivity index (χ3v) is 3.52. The highest BCUT2D eigenvalue weighted by Gasteiger charge is 2.17. The van der Waals surface area contributed by atoms with Gasteiger partial charge >= 0.3 is 11.9 Å². The smallest absolute Gasteiger partial charge is 0.313 e. The van der Waals surface area contributed by atoms with Crippen molar-refractivity contribution in [1.29, 1.82) is 0 Å². The molecule has 6 heteroatoms. The molecule has 17 heavy (non-hydrogen) atoms. The van der Waals surface area contributed by atoms with Crippen molar-refractivity contribution in [3.8, 4) is 0 Å². The lowest BCUT2D eigenvalue weighted by molar-refractivity contribution is -0.137. The highest BCUT2D eigenvalue weighted by atomic mass is 35.5. The zero-order valence-corrected chi connectivity index (χ0v) is 10.4. The Labute approximate surface area is 108 Å². The number of halogens is 1. The van der Waals surface area contributed by atoms with E-state index in [1.165, 1.54) is 0 Å². The van der Waals surface area contributed by atoms with Gasteiger partial charge in [0.2, 0.25) is 0 Å². The summed E-state index contributed by atoms with van der Waals surface area (Å²) in [6.45, 7) is 0. The molecule has 92 valence electrons. The number of hydrogen-bond donors (Lipinski definition) is 2. The average Bonchev–Trinajstić information content (AvgIpc) is 2.25. The normalized spacial score (nSPS) is 12.1. The molecule has 1 unspecified atom stereocenters. The zero-order valence-electron chi connectivity index (χ0n) is 8.80. The molecule has 0 saturated heterocycles. The lowest BCUT2D eigenvalue weighted by Gasteiger charge is -2.13. The van der Waals surface area contributed by atoms with E-state index < -0.39 is 11.9 Å². The second-order valence-corrected chi connectivity index (χ2v) is 4.97. The SMILES string of the molecule is O=C(O)CSC(CC(=O)O)c1ccc(Cl)cc1. The molecule has 1 atom stereocenters. The Kier molecular flexibility index (Phi) is 5.31. The minimum atomic E-state index is -0.959. The van der Waals surface area contributed by atoms with E-state index in [1.807, 2.05) is 0 Å². The number of carbonyl (C=O) groups is 2. The number of aliphatic carboxylic acids is 2. The summed E-state index contributed by atoms with van der Waals surface area (Å²) in [6.07, 6.45) is -0.112. The maximum atomic E-state index is 10.7. The lowest BCUT2D eigenvalue weighted by atomic mass is 10.1. The molecule has 2 N–H and O–H groups in total. The monoisotopic (exact) mass is 274 g/mol. The van der Waals surface area contributed by atoms with Gasteiger partial charge in [-0.25, -0.2) is 0 Å². The first-order chi connectivity index (χ1) is 7.99. The Morgan fingerprint density at radius 2 is 1.76 bits per heavy atom. The molecule has 1 rings (SSSR count). The van der Waals surface area contributed by atoms with E-state index >= 15 is 0 Å². The topological polar surface area (TPSA) is 74.6 Å². The van der Waals surface area contributed by atoms with E-state index in [1.54, 1.807) is 24.3 Å². The van der Waals surface area contributed by atoms with Gasteiger partial charge in [-0.3, -0.25) is 9.59 Å². The quantitative estimate of drug-likeness (QED) is 0.834. The minimum absolute atomic E-state index is 0.112. The van der Waals surface area contributed by atoms with Crippen LogP contribution < -0.4 is 0 Å². The van der Waals surface area contributed by atoms with E-state index in [-0.39, 0.29) is 17.4 Å². The molecule has 0 amide bonds. The molecule has 0 spiro atoms. The molecule has 0 saturated carbocycles. The second-order valence-electron chi connectivity index (χ2n) is 3.34. The Bertz CT molecular complexity index is 404. The van der Waals surface area contributed by atoms with Gasteiger partial charge in [0, 0.05) is 10.3 Å². The van der Waals surface area contributed by atoms with Crippen molar-refractivity contribution in [3.63, 3.8) is 0 Å². The van der Waals surface area contributed by atoms with Crippen molar-refractivity contribution in [2.75, 3.05) is 5.75 Å². The predicted molar refractivity (Wildman–Crippen MR) is 66.5 cm³/mol. The van der Waals surface area contributed by atoms with Crippen molar-refractivity contribution in [3.05, 3.63) is 34.9 Å². The first-order valence-corrected chi connectivity index (χ1v) is 6.22. The van der Waals surface area contributed by atoms with Crippen molar-refractivity contribution in [1.82, 2.24) is 0 Å². The fourth-order valence-corrected chi connectivity index (χ4v) is 2.36. The number of hydrogen-bond acceptors (Lipinski definition) is 3. The molecule has 0 aliphatic rings. The van der Waals surface area contributed by atoms with E-state index in [0.717, 1.165) is 17.3 Å². The third-order valence-electron chi connectivity index (χ3n) is 2.01. The first kappa shape index (κ1) is 13.9. The number of carboxylic acids is 2. The minimum Gasteiger partial charge on any atom is -0.481 e. The molecule has 0 heterocycles. The molecule has 1 aromatic carbocycles. The van der Waals surface area contributed by atoms with Gasteiger partial charge in [0.25, 0.3) is 0 Å². The molecule has 0 radical (unpaired) electrons. The number of rotatable bonds is 6. The molecular formula is C11H11ClO4S. The van der Waals surface area contributed by atoms with Crippen LogP contribution in [0, 0.1) is 0 Å². The Morgan fingerprint density at radius 1 is 1.18 bits per heavy atom. The van der Waals surface area contributed by atoms with E-state index in [9.17, 15) is 9.59 Å². The molecule has 0 aliphatic heterocycles. The number of thioether (sulfide) groups is 1. The summed E-state index contributed by atoms with van der Waals surface area (Å²) in [5.41, 5.74) is 0.767. The highest BCUT2D eigenvalue weighted by molar-refractivity contribution is 8.00. The summed E-state index contributed by atoms with van der Waals surface area (Å²) in [4.78, 5) is 21.2. The van der Waals surface area contributed by atoms with Gasteiger partial charge in [0.1, 0.15) is 0 Å². The molecular weight excluding hydrogens is 264 g/mol. The Morgan fingerprint density at radius 3 is 2.24 bits per heavy atom. The summed E-state index contributed by atoms with van der Waals surface area (Å²) < 4.78 is 0. The van der Waals surface area contributed by atoms with E-state index in [0.29, 0.717) is 5.02 Å². The van der Waals surface area contributed by atoms with Crippen LogP contribution in [-0.4, -0.2) is 27.9 Å². The molecule has 0 aliphatic carbocycles. The van der Waals surface area contributed by atoms with Crippen LogP contribution in [-0.2, 0) is 9.59 Å². The van der Waals surface area contributed by atoms with Gasteiger partial charge < -0.3 is 10.2 Å². The molecule has 0 bridgehead atoms. The van der Waals surface area contributed by atoms with Gasteiger partial charge in [0.15, 0.2) is 0 Å². The molecule has 0 fully saturated rings. The van der Waals surface area contributed by atoms with Crippen LogP contribution in [0.25, 0.3) is 0 Å². The van der Waals surface area contributed by atoms with Crippen LogP contribution >= 0.6 is 23.4 Å². The third kappa shape index (κ3) is 5.10. The summed E-state index contributed by atoms with van der Waals surface area (Å²) in [5, 5.41) is 17.6. The Balaban J connectivity index is 2.77. The fourth-order valence-electron chi connectivity index (χ4n) is 1.28. The van der Waals surface area contributed by atoms with E-state index in [2.05, 4.69) is 0 Å². The van der Waals surface area contributed by atoms with Crippen LogP contribution in [0.4, 0.5) is 0 Å². The second kappa shape index (κ2) is 6.51. The van der Waals surface area contributed by atoms with Crippen molar-refractivity contribution < 1.29 is 19.8 Å². The summed E-state index contributed by atoms with van der Waals surface area (Å²) in [6, 6.07) is 6.75. The predicted octanol–water partition coefficient (Wildman–Crippen LogP) is 2.67. The van der Waals surface area contributed by atoms with Crippen LogP contribution in [0.3, 0.4) is 0 Å². The number of carboxylic acid groups (broad SMARTS) is 2. The van der Waals surface area contributed by atoms with Gasteiger partial charge in [-0.2, -0.15) is 0 Å². The van der Waals surface area contributed by atoms with Crippen molar-refractivity contribution in [2.45, 2.75) is 11.7 Å². The van der Waals surface area contributed by atoms with Crippen LogP contribution in [0.2, 0.25) is 5.02 Å². The van der Waals surface area contributed by atoms with Crippen molar-refractivity contribution >= 4 is 35.3 Å². The van der Waals surface area contributed by atoms with Crippen LogP contribution in [0.15, 0.2) is 24.3 Å². The molecule has 0 aromatic heterocycles. The van der Waals surface area contributed by atoms with Gasteiger partial charge in [0.05, 0.1) is 12.2 Å². The molecule has 1 aromatic rings. The average molecular weight is 275 g/mol. The molecule has 4 nitrogen and oxygen atoms in total. The van der Waals surface area contributed by atoms with E-state index in [4.69, 9.17) is 21.8 Å². The van der Waals surface area contributed by atoms with Gasteiger partial charge in [-0.05, 0) is 17.7 Å². The van der Waals surface area contributed by atoms with Gasteiger partial charge in [-0.15, -0.1) is 11.8 Å². The van der Waals surface area contributed by atoms with Crippen LogP contribution in [0.1, 0.15) is 17.2 Å². The first-order valence-electron chi connectivity index (χ1n) is 4.79. The highest BCUT2D eigenvalue weighted by Crippen LogP contribution is 2.32. The summed E-state index contributed by atoms with van der Waals surface area (Å²) in [5.74, 6) is -2.04. The summed E-state index contributed by atoms with van der Waals surface area (Å²) >= 11 is 6.83. The maximum absolute atomic E-state index is 10.7. The standard InChI is InChI=1S/C11H11ClO4S/c12-8-3-1-7(2-4-8)9(5-10(13)14)17-6-11(15)16/h1-4,9H,5-6H2,(H,13,14)(H,15,16). The fraction of sp³-hybridized carbons (Fsp3) is 0.273.